The molecule has 1 unspecified atom stereocenters. The fraction of sp³-hybridized carbons (Fsp3) is 0.368. The van der Waals surface area contributed by atoms with Gasteiger partial charge >= 0.3 is 0 Å². The first-order valence-corrected chi connectivity index (χ1v) is 9.63. The van der Waals surface area contributed by atoms with E-state index >= 15 is 0 Å². The molecule has 2 rings (SSSR count). The Bertz CT molecular complexity index is 660. The van der Waals surface area contributed by atoms with Crippen molar-refractivity contribution < 1.29 is 9.84 Å². The van der Waals surface area contributed by atoms with E-state index in [4.69, 9.17) is 4.74 Å². The summed E-state index contributed by atoms with van der Waals surface area (Å²) in [5.41, 5.74) is 4.24. The van der Waals surface area contributed by atoms with Crippen LogP contribution in [0.2, 0.25) is 0 Å². The lowest BCUT2D eigenvalue weighted by atomic mass is 10.0. The van der Waals surface area contributed by atoms with Gasteiger partial charge in [-0.2, -0.15) is 0 Å². The molecule has 0 bridgehead atoms. The average molecular weight is 331 g/mol. The Balaban J connectivity index is 2.28. The largest absolute Gasteiger partial charge is 0.508 e. The lowest BCUT2D eigenvalue weighted by Gasteiger charge is -2.16. The van der Waals surface area contributed by atoms with Crippen LogP contribution in [0.15, 0.2) is 30.3 Å². The number of aryl methyl sites for hydroxylation is 2. The molecule has 0 saturated heterocycles. The second kappa shape index (κ2) is 7.70. The molecule has 0 radical (unpaired) electrons. The summed E-state index contributed by atoms with van der Waals surface area (Å²) >= 11 is 0. The van der Waals surface area contributed by atoms with Gasteiger partial charge in [0.1, 0.15) is 17.2 Å². The molecule has 2 aromatic rings. The van der Waals surface area contributed by atoms with Crippen molar-refractivity contribution in [2.24, 2.45) is 0 Å². The van der Waals surface area contributed by atoms with Gasteiger partial charge in [-0.25, -0.2) is 0 Å². The minimum atomic E-state index is 0.252. The van der Waals surface area contributed by atoms with Crippen LogP contribution in [0.4, 0.5) is 5.69 Å². The number of ether oxygens (including phenoxy) is 1. The quantitative estimate of drug-likeness (QED) is 0.677. The van der Waals surface area contributed by atoms with E-state index < -0.39 is 0 Å². The van der Waals surface area contributed by atoms with Crippen LogP contribution in [0.3, 0.4) is 0 Å². The van der Waals surface area contributed by atoms with Gasteiger partial charge in [-0.05, 0) is 67.9 Å². The van der Waals surface area contributed by atoms with Crippen LogP contribution in [0.25, 0.3) is 0 Å². The fourth-order valence-electron chi connectivity index (χ4n) is 2.58. The normalized spacial score (nSPS) is 11.4. The highest BCUT2D eigenvalue weighted by atomic mass is 31.1. The number of aromatic hydroxyl groups is 1. The van der Waals surface area contributed by atoms with Crippen LogP contribution in [0, 0.1) is 13.8 Å². The van der Waals surface area contributed by atoms with Crippen molar-refractivity contribution in [1.82, 2.24) is 0 Å². The van der Waals surface area contributed by atoms with Crippen molar-refractivity contribution in [2.45, 2.75) is 33.6 Å². The predicted molar refractivity (Wildman–Crippen MR) is 101 cm³/mol. The van der Waals surface area contributed by atoms with Crippen LogP contribution < -0.4 is 10.1 Å². The van der Waals surface area contributed by atoms with Gasteiger partial charge in [0.2, 0.25) is 0 Å². The van der Waals surface area contributed by atoms with Crippen molar-refractivity contribution in [1.29, 1.82) is 0 Å². The van der Waals surface area contributed by atoms with Crippen LogP contribution in [-0.2, 0) is 0 Å². The molecule has 0 aliphatic rings. The Morgan fingerprint density at radius 1 is 1.13 bits per heavy atom. The third kappa shape index (κ3) is 4.39. The molecule has 0 aromatic heterocycles. The zero-order chi connectivity index (χ0) is 17.0. The van der Waals surface area contributed by atoms with E-state index in [1.54, 1.807) is 6.07 Å². The molecule has 2 aromatic carbocycles. The Morgan fingerprint density at radius 3 is 2.35 bits per heavy atom. The topological polar surface area (TPSA) is 41.5 Å². The molecular formula is C19H26NO2P. The molecule has 0 fully saturated rings. The molecular weight excluding hydrogens is 305 g/mol. The van der Waals surface area contributed by atoms with E-state index in [-0.39, 0.29) is 5.92 Å². The van der Waals surface area contributed by atoms with E-state index in [1.807, 2.05) is 12.1 Å². The molecule has 0 heterocycles. The molecule has 0 spiro atoms. The summed E-state index contributed by atoms with van der Waals surface area (Å²) in [7, 11) is 0.881. The van der Waals surface area contributed by atoms with E-state index in [9.17, 15) is 5.11 Å². The number of phenolic OH excluding ortho intramolecular Hbond substituents is 1. The summed E-state index contributed by atoms with van der Waals surface area (Å²) in [6, 6.07) is 9.67. The third-order valence-corrected chi connectivity index (χ3v) is 4.30. The van der Waals surface area contributed by atoms with Gasteiger partial charge in [-0.1, -0.05) is 13.8 Å². The van der Waals surface area contributed by atoms with Gasteiger partial charge < -0.3 is 15.2 Å². The summed E-state index contributed by atoms with van der Waals surface area (Å²) < 4.78 is 6.11. The molecule has 0 saturated carbocycles. The molecule has 124 valence electrons. The minimum Gasteiger partial charge on any atom is -0.508 e. The zero-order valence-corrected chi connectivity index (χ0v) is 15.5. The second-order valence-electron chi connectivity index (χ2n) is 6.12. The Hall–Kier alpha value is -1.73. The zero-order valence-electron chi connectivity index (χ0n) is 14.5. The lowest BCUT2D eigenvalue weighted by molar-refractivity contribution is 0.452. The Labute approximate surface area is 140 Å². The first-order chi connectivity index (χ1) is 10.9. The average Bonchev–Trinajstić information content (AvgIpc) is 2.50. The number of benzene rings is 2. The Kier molecular flexibility index (Phi) is 5.90. The maximum atomic E-state index is 9.94. The van der Waals surface area contributed by atoms with Gasteiger partial charge in [-0.15, -0.1) is 8.58 Å². The smallest absolute Gasteiger partial charge is 0.133 e. The molecule has 1 atom stereocenters. The molecule has 0 aliphatic heterocycles. The van der Waals surface area contributed by atoms with Crippen molar-refractivity contribution in [3.8, 4) is 17.2 Å². The van der Waals surface area contributed by atoms with E-state index in [0.29, 0.717) is 5.75 Å². The lowest BCUT2D eigenvalue weighted by Crippen LogP contribution is -1.99. The number of nitrogens with one attached hydrogen (secondary N) is 1. The van der Waals surface area contributed by atoms with E-state index in [0.717, 1.165) is 48.7 Å². The number of phenols is 1. The highest BCUT2D eigenvalue weighted by molar-refractivity contribution is 7.37. The molecule has 2 N–H and O–H groups in total. The van der Waals surface area contributed by atoms with Gasteiger partial charge in [0, 0.05) is 17.5 Å². The molecule has 0 amide bonds. The molecule has 3 nitrogen and oxygen atoms in total. The number of rotatable bonds is 6. The third-order valence-electron chi connectivity index (χ3n) is 3.77. The van der Waals surface area contributed by atoms with Crippen molar-refractivity contribution >= 4 is 14.3 Å². The summed E-state index contributed by atoms with van der Waals surface area (Å²) in [6.07, 6.45) is 0.995. The second-order valence-corrected chi connectivity index (χ2v) is 7.18. The number of hydrogen-bond donors (Lipinski definition) is 2. The molecule has 0 aliphatic carbocycles. The van der Waals surface area contributed by atoms with Gasteiger partial charge in [-0.3, -0.25) is 0 Å². The van der Waals surface area contributed by atoms with Crippen molar-refractivity contribution in [2.75, 3.05) is 18.3 Å². The Morgan fingerprint density at radius 2 is 1.78 bits per heavy atom. The van der Waals surface area contributed by atoms with Gasteiger partial charge in [0.25, 0.3) is 0 Å². The maximum Gasteiger partial charge on any atom is 0.133 e. The minimum absolute atomic E-state index is 0.252. The highest BCUT2D eigenvalue weighted by Gasteiger charge is 2.11. The highest BCUT2D eigenvalue weighted by Crippen LogP contribution is 2.35. The standard InChI is InChI=1S/C19H26NO2P/c1-12(2)17-10-16(6-7-18(17)21)22-19-13(3)8-15(9-14(19)4)20-11-23-5/h6-10,12,20-21,23H,11H2,1-5H3. The van der Waals surface area contributed by atoms with Crippen molar-refractivity contribution in [3.05, 3.63) is 47.0 Å². The summed E-state index contributed by atoms with van der Waals surface area (Å²) in [6.45, 7) is 10.4. The van der Waals surface area contributed by atoms with Crippen LogP contribution >= 0.6 is 8.58 Å². The fourth-order valence-corrected chi connectivity index (χ4v) is 2.96. The summed E-state index contributed by atoms with van der Waals surface area (Å²) in [5.74, 6) is 2.21. The first-order valence-electron chi connectivity index (χ1n) is 7.93. The van der Waals surface area contributed by atoms with Gasteiger partial charge in [0.15, 0.2) is 0 Å². The van der Waals surface area contributed by atoms with Crippen LogP contribution in [0.5, 0.6) is 17.2 Å². The predicted octanol–water partition coefficient (Wildman–Crippen LogP) is 5.60. The number of hydrogen-bond acceptors (Lipinski definition) is 3. The van der Waals surface area contributed by atoms with Crippen LogP contribution in [-0.4, -0.2) is 18.1 Å². The van der Waals surface area contributed by atoms with Crippen molar-refractivity contribution in [3.63, 3.8) is 0 Å². The van der Waals surface area contributed by atoms with E-state index in [1.165, 1.54) is 0 Å². The molecule has 23 heavy (non-hydrogen) atoms. The molecule has 4 heteroatoms. The summed E-state index contributed by atoms with van der Waals surface area (Å²) in [5, 5.41) is 13.4. The van der Waals surface area contributed by atoms with E-state index in [2.05, 4.69) is 51.8 Å². The summed E-state index contributed by atoms with van der Waals surface area (Å²) in [4.78, 5) is 0. The van der Waals surface area contributed by atoms with Gasteiger partial charge in [0.05, 0.1) is 0 Å². The first kappa shape index (κ1) is 17.6. The SMILES string of the molecule is CPCNc1cc(C)c(Oc2ccc(O)c(C(C)C)c2)c(C)c1. The number of anilines is 1. The maximum absolute atomic E-state index is 9.94. The monoisotopic (exact) mass is 331 g/mol. The van der Waals surface area contributed by atoms with Crippen LogP contribution in [0.1, 0.15) is 36.5 Å².